The van der Waals surface area contributed by atoms with Crippen LogP contribution in [0.25, 0.3) is 10.9 Å². The number of pyridine rings is 2. The van der Waals surface area contributed by atoms with Crippen LogP contribution in [-0.2, 0) is 0 Å². The van der Waals surface area contributed by atoms with Crippen molar-refractivity contribution in [3.05, 3.63) is 72.2 Å². The van der Waals surface area contributed by atoms with Gasteiger partial charge in [0.25, 0.3) is 0 Å². The molecule has 0 aliphatic carbocycles. The van der Waals surface area contributed by atoms with Crippen LogP contribution in [0.3, 0.4) is 0 Å². The molecule has 0 atom stereocenters. The summed E-state index contributed by atoms with van der Waals surface area (Å²) in [5, 5.41) is 5.23. The molecule has 0 saturated carbocycles. The Kier molecular flexibility index (Phi) is 3.93. The van der Waals surface area contributed by atoms with E-state index in [1.807, 2.05) is 48.5 Å². The number of hydrazone groups is 1. The molecule has 4 nitrogen and oxygen atoms in total. The Bertz CT molecular complexity index is 799. The zero-order chi connectivity index (χ0) is 14.5. The second kappa shape index (κ2) is 6.19. The van der Waals surface area contributed by atoms with Crippen molar-refractivity contribution in [2.45, 2.75) is 0 Å². The van der Waals surface area contributed by atoms with Crippen molar-refractivity contribution >= 4 is 34.3 Å². The summed E-state index contributed by atoms with van der Waals surface area (Å²) in [6.07, 6.45) is 5.04. The van der Waals surface area contributed by atoms with Gasteiger partial charge in [0.2, 0.25) is 0 Å². The van der Waals surface area contributed by atoms with Gasteiger partial charge in [0.15, 0.2) is 0 Å². The van der Waals surface area contributed by atoms with E-state index in [1.165, 1.54) is 0 Å². The fourth-order valence-corrected chi connectivity index (χ4v) is 2.07. The first-order valence-electron chi connectivity index (χ1n) is 6.42. The number of hydrogen-bond donors (Lipinski definition) is 1. The van der Waals surface area contributed by atoms with Crippen LogP contribution in [0.2, 0.25) is 0 Å². The Balaban J connectivity index is 1.71. The standard InChI is InChI=1S/C16H12N4S/c21-16(13-7-9-17-10-8-13)20-18-11-14-6-5-12-3-1-2-4-15(12)19-14/h1-11H,(H,20,21). The van der Waals surface area contributed by atoms with Crippen LogP contribution in [0.4, 0.5) is 0 Å². The average Bonchev–Trinajstić information content (AvgIpc) is 2.55. The smallest absolute Gasteiger partial charge is 0.126 e. The summed E-state index contributed by atoms with van der Waals surface area (Å²) in [6.45, 7) is 0. The summed E-state index contributed by atoms with van der Waals surface area (Å²) in [4.78, 5) is 9.00. The van der Waals surface area contributed by atoms with E-state index in [4.69, 9.17) is 12.2 Å². The lowest BCUT2D eigenvalue weighted by molar-refractivity contribution is 1.05. The lowest BCUT2D eigenvalue weighted by atomic mass is 10.2. The number of nitrogens with one attached hydrogen (secondary N) is 1. The molecule has 2 aromatic heterocycles. The lowest BCUT2D eigenvalue weighted by Crippen LogP contribution is -2.16. The molecule has 5 heteroatoms. The van der Waals surface area contributed by atoms with Crippen LogP contribution in [0.15, 0.2) is 66.0 Å². The molecular weight excluding hydrogens is 280 g/mol. The Labute approximate surface area is 127 Å². The molecule has 21 heavy (non-hydrogen) atoms. The van der Waals surface area contributed by atoms with E-state index in [1.54, 1.807) is 18.6 Å². The van der Waals surface area contributed by atoms with E-state index in [2.05, 4.69) is 20.5 Å². The molecule has 0 fully saturated rings. The van der Waals surface area contributed by atoms with E-state index in [-0.39, 0.29) is 0 Å². The molecule has 1 aromatic carbocycles. The second-order valence-electron chi connectivity index (χ2n) is 4.36. The fraction of sp³-hybridized carbons (Fsp3) is 0. The maximum absolute atomic E-state index is 5.24. The first-order chi connectivity index (χ1) is 10.3. The van der Waals surface area contributed by atoms with E-state index in [9.17, 15) is 0 Å². The topological polar surface area (TPSA) is 50.2 Å². The molecule has 0 aliphatic rings. The Morgan fingerprint density at radius 2 is 1.86 bits per heavy atom. The molecule has 2 heterocycles. The van der Waals surface area contributed by atoms with Crippen molar-refractivity contribution in [3.8, 4) is 0 Å². The van der Waals surface area contributed by atoms with Crippen LogP contribution in [-0.4, -0.2) is 21.2 Å². The highest BCUT2D eigenvalue weighted by Crippen LogP contribution is 2.10. The van der Waals surface area contributed by atoms with Gasteiger partial charge < -0.3 is 0 Å². The summed E-state index contributed by atoms with van der Waals surface area (Å²) in [6, 6.07) is 15.6. The van der Waals surface area contributed by atoms with E-state index < -0.39 is 0 Å². The average molecular weight is 292 g/mol. The highest BCUT2D eigenvalue weighted by Gasteiger charge is 1.98. The lowest BCUT2D eigenvalue weighted by Gasteiger charge is -2.02. The maximum atomic E-state index is 5.24. The summed E-state index contributed by atoms with van der Waals surface area (Å²) in [5.41, 5.74) is 5.43. The van der Waals surface area contributed by atoms with Crippen LogP contribution < -0.4 is 5.43 Å². The van der Waals surface area contributed by atoms with Gasteiger partial charge in [-0.15, -0.1) is 0 Å². The molecule has 0 amide bonds. The van der Waals surface area contributed by atoms with E-state index >= 15 is 0 Å². The summed E-state index contributed by atoms with van der Waals surface area (Å²) >= 11 is 5.24. The van der Waals surface area contributed by atoms with Gasteiger partial charge in [0, 0.05) is 23.3 Å². The summed E-state index contributed by atoms with van der Waals surface area (Å²) < 4.78 is 0. The van der Waals surface area contributed by atoms with Gasteiger partial charge in [0.1, 0.15) is 4.99 Å². The van der Waals surface area contributed by atoms with Crippen molar-refractivity contribution in [1.29, 1.82) is 0 Å². The van der Waals surface area contributed by atoms with Crippen LogP contribution >= 0.6 is 12.2 Å². The minimum atomic E-state index is 0.550. The third kappa shape index (κ3) is 3.27. The first-order valence-corrected chi connectivity index (χ1v) is 6.83. The number of hydrogen-bond acceptors (Lipinski definition) is 4. The number of nitrogens with zero attached hydrogens (tertiary/aromatic N) is 3. The normalized spacial score (nSPS) is 10.9. The Morgan fingerprint density at radius 3 is 2.71 bits per heavy atom. The van der Waals surface area contributed by atoms with Gasteiger partial charge in [0.05, 0.1) is 17.4 Å². The van der Waals surface area contributed by atoms with Crippen molar-refractivity contribution in [3.63, 3.8) is 0 Å². The zero-order valence-electron chi connectivity index (χ0n) is 11.1. The molecular formula is C16H12N4S. The predicted molar refractivity (Wildman–Crippen MR) is 88.4 cm³/mol. The van der Waals surface area contributed by atoms with Gasteiger partial charge in [-0.05, 0) is 24.3 Å². The maximum Gasteiger partial charge on any atom is 0.126 e. The molecule has 3 aromatic rings. The monoisotopic (exact) mass is 292 g/mol. The van der Waals surface area contributed by atoms with Gasteiger partial charge >= 0.3 is 0 Å². The SMILES string of the molecule is S=C(NN=Cc1ccc2ccccc2n1)c1ccncc1. The molecule has 0 unspecified atom stereocenters. The zero-order valence-corrected chi connectivity index (χ0v) is 11.9. The molecule has 0 bridgehead atoms. The molecule has 102 valence electrons. The van der Waals surface area contributed by atoms with Crippen molar-refractivity contribution in [1.82, 2.24) is 15.4 Å². The third-order valence-corrected chi connectivity index (χ3v) is 3.25. The largest absolute Gasteiger partial charge is 0.267 e. The predicted octanol–water partition coefficient (Wildman–Crippen LogP) is 2.93. The quantitative estimate of drug-likeness (QED) is 0.458. The van der Waals surface area contributed by atoms with Crippen molar-refractivity contribution in [2.75, 3.05) is 0 Å². The Hall–Kier alpha value is -2.66. The number of para-hydroxylation sites is 1. The van der Waals surface area contributed by atoms with Crippen LogP contribution in [0, 0.1) is 0 Å². The van der Waals surface area contributed by atoms with E-state index in [0.717, 1.165) is 22.2 Å². The highest BCUT2D eigenvalue weighted by atomic mass is 32.1. The molecule has 0 saturated heterocycles. The highest BCUT2D eigenvalue weighted by molar-refractivity contribution is 7.80. The third-order valence-electron chi connectivity index (χ3n) is 2.93. The minimum Gasteiger partial charge on any atom is -0.267 e. The first kappa shape index (κ1) is 13.3. The Morgan fingerprint density at radius 1 is 1.05 bits per heavy atom. The molecule has 0 radical (unpaired) electrons. The van der Waals surface area contributed by atoms with Gasteiger partial charge in [-0.1, -0.05) is 36.5 Å². The minimum absolute atomic E-state index is 0.550. The van der Waals surface area contributed by atoms with Crippen LogP contribution in [0.5, 0.6) is 0 Å². The molecule has 3 rings (SSSR count). The molecule has 1 N–H and O–H groups in total. The van der Waals surface area contributed by atoms with Gasteiger partial charge in [-0.3, -0.25) is 10.4 Å². The summed E-state index contributed by atoms with van der Waals surface area (Å²) in [5.74, 6) is 0. The summed E-state index contributed by atoms with van der Waals surface area (Å²) in [7, 11) is 0. The van der Waals surface area contributed by atoms with Gasteiger partial charge in [-0.25, -0.2) is 4.98 Å². The second-order valence-corrected chi connectivity index (χ2v) is 4.77. The van der Waals surface area contributed by atoms with Crippen molar-refractivity contribution in [2.24, 2.45) is 5.10 Å². The van der Waals surface area contributed by atoms with Gasteiger partial charge in [-0.2, -0.15) is 5.10 Å². The number of aromatic nitrogens is 2. The molecule has 0 spiro atoms. The van der Waals surface area contributed by atoms with Crippen molar-refractivity contribution < 1.29 is 0 Å². The number of fused-ring (bicyclic) bond motifs is 1. The number of thiocarbonyl (C=S) groups is 1. The number of benzene rings is 1. The van der Waals surface area contributed by atoms with Crippen LogP contribution in [0.1, 0.15) is 11.3 Å². The van der Waals surface area contributed by atoms with E-state index in [0.29, 0.717) is 4.99 Å². The number of rotatable bonds is 3. The molecule has 0 aliphatic heterocycles. The fourth-order valence-electron chi connectivity index (χ4n) is 1.88.